The smallest absolute Gasteiger partial charge is 0.303 e. The number of imidazole rings is 1. The number of para-hydroxylation sites is 2. The molecule has 2 fully saturated rings. The van der Waals surface area contributed by atoms with Crippen molar-refractivity contribution in [2.45, 2.75) is 184 Å². The average molecular weight is 1620 g/mol. The molecule has 0 saturated carbocycles. The third-order valence-electron chi connectivity index (χ3n) is 19.5. The normalized spacial score (nSPS) is 16.2. The number of benzene rings is 2. The molecule has 0 aliphatic carbocycles. The second-order valence-electron chi connectivity index (χ2n) is 28.1. The third kappa shape index (κ3) is 25.9. The number of hydrogen-bond acceptors (Lipinski definition) is 20. The molecular weight excluding hydrogens is 1510 g/mol. The van der Waals surface area contributed by atoms with Crippen LogP contribution in [0.2, 0.25) is 0 Å². The van der Waals surface area contributed by atoms with Crippen molar-refractivity contribution < 1.29 is 72.2 Å². The largest absolute Gasteiger partial charge is 0.481 e. The van der Waals surface area contributed by atoms with E-state index in [0.717, 1.165) is 10.9 Å². The summed E-state index contributed by atoms with van der Waals surface area (Å²) in [6, 6.07) is 0.377. The standard InChI is InChI=1S/C73H102N26O15S/c1-39(62(105)89-50(61(74)104)17-9-24-80-72(75)76)87-64(107)52(21-22-60(102)103)90-66(109)55(30-43-33-84-49-16-8-6-14-47(43)49)93-69(112)57-19-11-26-97(57)70(113)40(2)99-37-45(95-96-99)35-85-63(106)53(23-28-115-4)91-68(111)58-20-12-27-98(58)71(114)56(31-44-34-79-38-86-44)94-67(110)54(29-42-32-83-48-15-7-5-13-46(42)48)92-65(108)51(18-10-25-81-73(77)78)88-59(101)36-82-41(3)100/h5-8,13-16,32-34,37-40,50-58,83-84H,9-12,17-31,35-36H2,1-4H3,(H2,74,104)(H,79,86)(H,82,100)(H,85,106)(H,87,107)(H,88,101)(H,89,105)(H,90,109)(H,91,111)(H,92,108)(H,93,112)(H,94,110)(H,102,103)(H4,75,76,80)(H4,77,78,81)/t39-,40+,50-,51+,52+,53+,54+,55+,56+,57+,58+/m1/s1. The van der Waals surface area contributed by atoms with E-state index in [-0.39, 0.29) is 115 Å². The number of aromatic amines is 3. The van der Waals surface area contributed by atoms with Gasteiger partial charge in [-0.05, 0) is 113 Å². The summed E-state index contributed by atoms with van der Waals surface area (Å²) in [6.45, 7) is 3.91. The Balaban J connectivity index is 0.917. The zero-order chi connectivity index (χ0) is 83.4. The summed E-state index contributed by atoms with van der Waals surface area (Å²) in [6.07, 6.45) is 9.77. The van der Waals surface area contributed by atoms with Crippen molar-refractivity contribution in [3.8, 4) is 0 Å². The number of nitrogens with zero attached hydrogens (tertiary/aromatic N) is 6. The predicted molar refractivity (Wildman–Crippen MR) is 420 cm³/mol. The van der Waals surface area contributed by atoms with Gasteiger partial charge in [-0.1, -0.05) is 41.6 Å². The highest BCUT2D eigenvalue weighted by atomic mass is 32.2. The molecule has 6 aromatic rings. The average Bonchev–Trinajstić information content (AvgIpc) is 1.70. The highest BCUT2D eigenvalue weighted by Gasteiger charge is 2.42. The molecule has 42 heteroatoms. The molecule has 41 nitrogen and oxygen atoms in total. The van der Waals surface area contributed by atoms with Crippen molar-refractivity contribution in [1.29, 1.82) is 10.8 Å². The number of fused-ring (bicyclic) bond motifs is 2. The molecule has 2 aliphatic heterocycles. The van der Waals surface area contributed by atoms with Crippen LogP contribution in [-0.4, -0.2) is 250 Å². The zero-order valence-electron chi connectivity index (χ0n) is 64.2. The number of rotatable bonds is 44. The summed E-state index contributed by atoms with van der Waals surface area (Å²) in [5, 5.41) is 66.2. The molecule has 0 unspecified atom stereocenters. The lowest BCUT2D eigenvalue weighted by molar-refractivity contribution is -0.142. The van der Waals surface area contributed by atoms with Crippen LogP contribution < -0.4 is 81.0 Å². The fourth-order valence-electron chi connectivity index (χ4n) is 13.4. The number of hydrogen-bond donors (Lipinski definition) is 21. The highest BCUT2D eigenvalue weighted by Crippen LogP contribution is 2.26. The number of likely N-dealkylation sites (tertiary alicyclic amines) is 2. The van der Waals surface area contributed by atoms with Gasteiger partial charge in [0.1, 0.15) is 72.2 Å². The molecular formula is C73H102N26O15S. The highest BCUT2D eigenvalue weighted by molar-refractivity contribution is 7.98. The maximum absolute atomic E-state index is 15.1. The number of carbonyl (C=O) groups excluding carboxylic acids is 13. The van der Waals surface area contributed by atoms with Gasteiger partial charge in [0, 0.05) is 99.2 Å². The van der Waals surface area contributed by atoms with Crippen molar-refractivity contribution in [3.63, 3.8) is 0 Å². The second-order valence-corrected chi connectivity index (χ2v) is 29.0. The first kappa shape index (κ1) is 87.9. The van der Waals surface area contributed by atoms with Crippen LogP contribution in [-0.2, 0) is 92.9 Å². The van der Waals surface area contributed by atoms with Crippen molar-refractivity contribution in [1.82, 2.24) is 109 Å². The lowest BCUT2D eigenvalue weighted by atomic mass is 10.0. The summed E-state index contributed by atoms with van der Waals surface area (Å²) in [5.41, 5.74) is 19.5. The summed E-state index contributed by atoms with van der Waals surface area (Å²) in [4.78, 5) is 209. The Morgan fingerprint density at radius 1 is 0.574 bits per heavy atom. The number of guanidine groups is 2. The Kier molecular flexibility index (Phi) is 32.7. The molecule has 115 heavy (non-hydrogen) atoms. The van der Waals surface area contributed by atoms with E-state index >= 15 is 4.79 Å². The van der Waals surface area contributed by atoms with Gasteiger partial charge in [-0.2, -0.15) is 11.8 Å². The number of primary amides is 1. The van der Waals surface area contributed by atoms with Crippen molar-refractivity contribution >= 4 is 128 Å². The Morgan fingerprint density at radius 3 is 1.64 bits per heavy atom. The number of carbonyl (C=O) groups is 14. The number of nitrogens with one attached hydrogen (secondary N) is 17. The van der Waals surface area contributed by atoms with Crippen LogP contribution in [0, 0.1) is 10.8 Å². The molecule has 13 amide bonds. The molecule has 8 rings (SSSR count). The number of amides is 13. The van der Waals surface area contributed by atoms with Gasteiger partial charge >= 0.3 is 5.97 Å². The topological polar surface area (TPSA) is 627 Å². The van der Waals surface area contributed by atoms with Gasteiger partial charge in [-0.25, -0.2) is 9.67 Å². The minimum absolute atomic E-state index is 0.00584. The lowest BCUT2D eigenvalue weighted by Gasteiger charge is -2.30. The Bertz CT molecular complexity index is 4470. The molecule has 2 aromatic carbocycles. The van der Waals surface area contributed by atoms with Crippen LogP contribution in [0.3, 0.4) is 0 Å². The van der Waals surface area contributed by atoms with Gasteiger partial charge in [-0.15, -0.1) is 5.10 Å². The minimum atomic E-state index is -1.58. The number of carboxylic acid groups (broad SMARTS) is 1. The zero-order valence-corrected chi connectivity index (χ0v) is 65.0. The molecule has 0 bridgehead atoms. The number of aromatic nitrogens is 7. The van der Waals surface area contributed by atoms with E-state index in [1.807, 2.05) is 24.5 Å². The van der Waals surface area contributed by atoms with Gasteiger partial charge in [0.15, 0.2) is 11.9 Å². The number of nitrogens with two attached hydrogens (primary N) is 3. The first-order valence-electron chi connectivity index (χ1n) is 37.7. The molecule has 2 aliphatic rings. The summed E-state index contributed by atoms with van der Waals surface area (Å²) >= 11 is 1.41. The van der Waals surface area contributed by atoms with Crippen molar-refractivity contribution in [3.05, 3.63) is 102 Å². The third-order valence-corrected chi connectivity index (χ3v) is 20.2. The Labute approximate surface area is 664 Å². The van der Waals surface area contributed by atoms with E-state index in [2.05, 4.69) is 94.0 Å². The van der Waals surface area contributed by atoms with Crippen LogP contribution in [0.15, 0.2) is 79.6 Å². The van der Waals surface area contributed by atoms with E-state index < -0.39 is 169 Å². The number of H-pyrrole nitrogens is 3. The SMILES string of the molecule is CSCC[C@H](NC(=O)[C@@H]1CCCN1C(=O)[C@H](Cc1c[nH]cn1)NC(=O)[C@H](Cc1c[nH]c2ccccc12)NC(=O)[C@H](CCCNC(=N)N)NC(=O)CNC(C)=O)C(=O)NCc1cn([C@@H](C)C(=O)N2CCC[C@H]2C(=O)N[C@@H](Cc2c[nH]c3ccccc23)C(=O)N[C@@H](CCC(=O)O)C(=O)N[C@H](C)C(=O)N[C@H](CCCNC(=N)N)C(N)=O)nn1. The molecule has 11 atom stereocenters. The van der Waals surface area contributed by atoms with E-state index in [0.29, 0.717) is 46.3 Å². The van der Waals surface area contributed by atoms with Gasteiger partial charge in [0.05, 0.1) is 31.3 Å². The van der Waals surface area contributed by atoms with Gasteiger partial charge < -0.3 is 111 Å². The van der Waals surface area contributed by atoms with Crippen molar-refractivity contribution in [2.24, 2.45) is 17.2 Å². The predicted octanol–water partition coefficient (Wildman–Crippen LogP) is -3.48. The molecule has 620 valence electrons. The van der Waals surface area contributed by atoms with Crippen molar-refractivity contribution in [2.75, 3.05) is 44.7 Å². The molecule has 0 spiro atoms. The Hall–Kier alpha value is -12.7. The Morgan fingerprint density at radius 2 is 1.09 bits per heavy atom. The molecule has 0 radical (unpaired) electrons. The van der Waals surface area contributed by atoms with E-state index in [9.17, 15) is 67.4 Å². The lowest BCUT2D eigenvalue weighted by Crippen LogP contribution is -2.60. The quantitative estimate of drug-likeness (QED) is 0.0100. The van der Waals surface area contributed by atoms with Crippen LogP contribution in [0.25, 0.3) is 21.8 Å². The summed E-state index contributed by atoms with van der Waals surface area (Å²) in [5.74, 6) is -11.1. The van der Waals surface area contributed by atoms with Gasteiger partial charge in [0.25, 0.3) is 0 Å². The number of carboxylic acids is 1. The van der Waals surface area contributed by atoms with Gasteiger partial charge in [0.2, 0.25) is 76.8 Å². The second kappa shape index (κ2) is 42.8. The molecule has 6 heterocycles. The van der Waals surface area contributed by atoms with E-state index in [1.54, 1.807) is 42.7 Å². The maximum Gasteiger partial charge on any atom is 0.303 e. The molecule has 2 saturated heterocycles. The fourth-order valence-corrected chi connectivity index (χ4v) is 13.9. The maximum atomic E-state index is 15.1. The monoisotopic (exact) mass is 1610 g/mol. The first-order valence-corrected chi connectivity index (χ1v) is 39.1. The van der Waals surface area contributed by atoms with Crippen LogP contribution >= 0.6 is 11.8 Å². The fraction of sp³-hybridized carbons (Fsp3) is 0.493. The van der Waals surface area contributed by atoms with Crippen LogP contribution in [0.4, 0.5) is 0 Å². The number of thioether (sulfide) groups is 1. The van der Waals surface area contributed by atoms with Crippen LogP contribution in [0.1, 0.15) is 120 Å². The summed E-state index contributed by atoms with van der Waals surface area (Å²) < 4.78 is 1.25. The number of aliphatic carboxylic acids is 1. The van der Waals surface area contributed by atoms with E-state index in [1.165, 1.54) is 65.7 Å². The minimum Gasteiger partial charge on any atom is -0.481 e. The van der Waals surface area contributed by atoms with Crippen LogP contribution in [0.5, 0.6) is 0 Å². The molecule has 24 N–H and O–H groups in total. The first-order chi connectivity index (χ1) is 55.0. The molecule has 4 aromatic heterocycles. The van der Waals surface area contributed by atoms with Gasteiger partial charge in [-0.3, -0.25) is 77.9 Å². The van der Waals surface area contributed by atoms with E-state index in [4.69, 9.17) is 28.0 Å². The summed E-state index contributed by atoms with van der Waals surface area (Å²) in [7, 11) is 0.